The summed E-state index contributed by atoms with van der Waals surface area (Å²) < 4.78 is 1.17. The molecular formula is C20H17ClN4O3. The van der Waals surface area contributed by atoms with Gasteiger partial charge in [0, 0.05) is 10.6 Å². The minimum atomic E-state index is -0.511. The first-order valence-electron chi connectivity index (χ1n) is 8.38. The molecule has 142 valence electrons. The van der Waals surface area contributed by atoms with E-state index in [1.165, 1.54) is 23.2 Å². The first-order valence-corrected chi connectivity index (χ1v) is 8.75. The third-order valence-corrected chi connectivity index (χ3v) is 4.24. The van der Waals surface area contributed by atoms with Crippen molar-refractivity contribution < 1.29 is 9.90 Å². The first kappa shape index (κ1) is 19.3. The molecule has 3 aromatic rings. The van der Waals surface area contributed by atoms with E-state index in [2.05, 4.69) is 22.1 Å². The van der Waals surface area contributed by atoms with Crippen molar-refractivity contribution in [3.05, 3.63) is 81.9 Å². The van der Waals surface area contributed by atoms with Crippen LogP contribution in [0.1, 0.15) is 11.1 Å². The Balaban J connectivity index is 1.71. The van der Waals surface area contributed by atoms with Gasteiger partial charge in [0.15, 0.2) is 0 Å². The van der Waals surface area contributed by atoms with E-state index in [0.717, 1.165) is 0 Å². The number of phenolic OH excluding ortho intramolecular Hbond substituents is 1. The van der Waals surface area contributed by atoms with Crippen molar-refractivity contribution in [1.29, 1.82) is 0 Å². The average Bonchev–Trinajstić information content (AvgIpc) is 2.67. The fraction of sp³-hybridized carbons (Fsp3) is 0.100. The van der Waals surface area contributed by atoms with E-state index < -0.39 is 5.91 Å². The molecule has 0 spiro atoms. The summed E-state index contributed by atoms with van der Waals surface area (Å²) in [5, 5.41) is 14.7. The van der Waals surface area contributed by atoms with E-state index in [0.29, 0.717) is 33.5 Å². The van der Waals surface area contributed by atoms with E-state index in [-0.39, 0.29) is 17.9 Å². The monoisotopic (exact) mass is 396 g/mol. The highest BCUT2D eigenvalue weighted by Crippen LogP contribution is 2.21. The van der Waals surface area contributed by atoms with Gasteiger partial charge in [0.05, 0.1) is 23.4 Å². The second-order valence-corrected chi connectivity index (χ2v) is 6.42. The second kappa shape index (κ2) is 8.49. The summed E-state index contributed by atoms with van der Waals surface area (Å²) in [6.07, 6.45) is 4.83. The third-order valence-electron chi connectivity index (χ3n) is 4.01. The van der Waals surface area contributed by atoms with Gasteiger partial charge in [-0.25, -0.2) is 10.4 Å². The van der Waals surface area contributed by atoms with Crippen LogP contribution in [0.3, 0.4) is 0 Å². The van der Waals surface area contributed by atoms with E-state index >= 15 is 0 Å². The molecule has 2 N–H and O–H groups in total. The van der Waals surface area contributed by atoms with Crippen molar-refractivity contribution in [3.8, 4) is 5.75 Å². The minimum absolute atomic E-state index is 0.0761. The molecule has 1 heterocycles. The number of hydrogen-bond donors (Lipinski definition) is 2. The molecule has 0 fully saturated rings. The summed E-state index contributed by atoms with van der Waals surface area (Å²) in [6, 6.07) is 10.0. The molecule has 0 aliphatic carbocycles. The lowest BCUT2D eigenvalue weighted by Gasteiger charge is -2.06. The molecule has 1 aromatic heterocycles. The molecule has 0 aliphatic heterocycles. The molecule has 0 atom stereocenters. The molecule has 0 unspecified atom stereocenters. The van der Waals surface area contributed by atoms with Crippen LogP contribution in [0.5, 0.6) is 5.75 Å². The van der Waals surface area contributed by atoms with E-state index in [1.807, 2.05) is 0 Å². The topological polar surface area (TPSA) is 96.6 Å². The Morgan fingerprint density at radius 2 is 2.18 bits per heavy atom. The van der Waals surface area contributed by atoms with Crippen LogP contribution in [0.4, 0.5) is 0 Å². The van der Waals surface area contributed by atoms with Crippen molar-refractivity contribution in [3.63, 3.8) is 0 Å². The zero-order valence-corrected chi connectivity index (χ0v) is 15.6. The molecule has 0 saturated carbocycles. The van der Waals surface area contributed by atoms with Crippen LogP contribution in [-0.2, 0) is 17.8 Å². The number of nitrogens with zero attached hydrogens (tertiary/aromatic N) is 3. The maximum atomic E-state index is 12.5. The van der Waals surface area contributed by atoms with E-state index in [1.54, 1.807) is 36.4 Å². The number of aromatic nitrogens is 2. The number of allylic oxidation sites excluding steroid dienone is 1. The van der Waals surface area contributed by atoms with Crippen LogP contribution in [0, 0.1) is 0 Å². The summed E-state index contributed by atoms with van der Waals surface area (Å²) in [5.74, 6) is -0.435. The summed E-state index contributed by atoms with van der Waals surface area (Å²) in [5.41, 5.74) is 3.62. The summed E-state index contributed by atoms with van der Waals surface area (Å²) in [7, 11) is 0. The first-order chi connectivity index (χ1) is 13.5. The van der Waals surface area contributed by atoms with Crippen LogP contribution in [0.15, 0.2) is 65.3 Å². The number of carbonyl (C=O) groups excluding carboxylic acids is 1. The predicted octanol–water partition coefficient (Wildman–Crippen LogP) is 2.63. The Labute approximate surface area is 165 Å². The summed E-state index contributed by atoms with van der Waals surface area (Å²) in [6.45, 7) is 3.38. The number of halogens is 1. The fourth-order valence-corrected chi connectivity index (χ4v) is 2.82. The number of aromatic hydroxyl groups is 1. The molecule has 3 rings (SSSR count). The Kier molecular flexibility index (Phi) is 5.86. The molecule has 8 heteroatoms. The number of hydrogen-bond acceptors (Lipinski definition) is 5. The number of amides is 1. The largest absolute Gasteiger partial charge is 0.507 e. The lowest BCUT2D eigenvalue weighted by Crippen LogP contribution is -2.30. The van der Waals surface area contributed by atoms with Gasteiger partial charge >= 0.3 is 0 Å². The highest BCUT2D eigenvalue weighted by molar-refractivity contribution is 6.31. The molecular weight excluding hydrogens is 380 g/mol. The molecule has 0 aliphatic rings. The van der Waals surface area contributed by atoms with Crippen LogP contribution < -0.4 is 11.0 Å². The molecule has 0 radical (unpaired) electrons. The Hall–Kier alpha value is -3.45. The van der Waals surface area contributed by atoms with E-state index in [4.69, 9.17) is 11.6 Å². The van der Waals surface area contributed by atoms with Crippen molar-refractivity contribution >= 4 is 34.6 Å². The zero-order chi connectivity index (χ0) is 20.1. The smallest absolute Gasteiger partial charge is 0.261 e. The van der Waals surface area contributed by atoms with Gasteiger partial charge in [-0.05, 0) is 36.2 Å². The SMILES string of the molecule is C=CCc1cccc(/C=N/NC(=O)Cn2cnc3ccc(Cl)cc3c2=O)c1O. The van der Waals surface area contributed by atoms with Crippen molar-refractivity contribution in [1.82, 2.24) is 15.0 Å². The molecule has 2 aromatic carbocycles. The van der Waals surface area contributed by atoms with Gasteiger partial charge in [-0.3, -0.25) is 14.2 Å². The van der Waals surface area contributed by atoms with Gasteiger partial charge in [0.25, 0.3) is 11.5 Å². The molecule has 28 heavy (non-hydrogen) atoms. The van der Waals surface area contributed by atoms with Gasteiger partial charge < -0.3 is 5.11 Å². The zero-order valence-electron chi connectivity index (χ0n) is 14.8. The Bertz CT molecular complexity index is 1140. The number of para-hydroxylation sites is 1. The van der Waals surface area contributed by atoms with Gasteiger partial charge in [0.2, 0.25) is 0 Å². The number of hydrazone groups is 1. The molecule has 1 amide bonds. The standard InChI is InChI=1S/C20H17ClN4O3/c1-2-4-13-5-3-6-14(19(13)27)10-23-24-18(26)11-25-12-22-17-8-7-15(21)9-16(17)20(25)28/h2-3,5-10,12,27H,1,4,11H2,(H,24,26)/b23-10+. The molecule has 0 bridgehead atoms. The Morgan fingerprint density at radius 3 is 2.96 bits per heavy atom. The Morgan fingerprint density at radius 1 is 1.36 bits per heavy atom. The van der Waals surface area contributed by atoms with Crippen LogP contribution >= 0.6 is 11.6 Å². The van der Waals surface area contributed by atoms with Crippen molar-refractivity contribution in [2.24, 2.45) is 5.10 Å². The maximum absolute atomic E-state index is 12.5. The number of rotatable bonds is 6. The van der Waals surface area contributed by atoms with Gasteiger partial charge in [-0.15, -0.1) is 6.58 Å². The highest BCUT2D eigenvalue weighted by atomic mass is 35.5. The van der Waals surface area contributed by atoms with Crippen LogP contribution in [-0.4, -0.2) is 26.8 Å². The summed E-state index contributed by atoms with van der Waals surface area (Å²) >= 11 is 5.92. The number of carbonyl (C=O) groups is 1. The molecule has 7 nitrogen and oxygen atoms in total. The van der Waals surface area contributed by atoms with Crippen LogP contribution in [0.2, 0.25) is 5.02 Å². The minimum Gasteiger partial charge on any atom is -0.507 e. The number of nitrogens with one attached hydrogen (secondary N) is 1. The highest BCUT2D eigenvalue weighted by Gasteiger charge is 2.09. The third kappa shape index (κ3) is 4.27. The molecule has 0 saturated heterocycles. The quantitative estimate of drug-likeness (QED) is 0.380. The van der Waals surface area contributed by atoms with Crippen LogP contribution in [0.25, 0.3) is 10.9 Å². The lowest BCUT2D eigenvalue weighted by atomic mass is 10.1. The van der Waals surface area contributed by atoms with Crippen molar-refractivity contribution in [2.75, 3.05) is 0 Å². The summed E-state index contributed by atoms with van der Waals surface area (Å²) in [4.78, 5) is 28.7. The van der Waals surface area contributed by atoms with Gasteiger partial charge in [-0.2, -0.15) is 5.10 Å². The number of phenols is 1. The average molecular weight is 397 g/mol. The number of benzene rings is 2. The second-order valence-electron chi connectivity index (χ2n) is 5.98. The number of fused-ring (bicyclic) bond motifs is 1. The van der Waals surface area contributed by atoms with Gasteiger partial charge in [0.1, 0.15) is 12.3 Å². The lowest BCUT2D eigenvalue weighted by molar-refractivity contribution is -0.121. The van der Waals surface area contributed by atoms with E-state index in [9.17, 15) is 14.7 Å². The normalized spacial score (nSPS) is 11.0. The van der Waals surface area contributed by atoms with Gasteiger partial charge in [-0.1, -0.05) is 29.8 Å². The fourth-order valence-electron chi connectivity index (χ4n) is 2.64. The maximum Gasteiger partial charge on any atom is 0.261 e. The predicted molar refractivity (Wildman–Crippen MR) is 109 cm³/mol. The van der Waals surface area contributed by atoms with Crippen molar-refractivity contribution in [2.45, 2.75) is 13.0 Å².